The van der Waals surface area contributed by atoms with Gasteiger partial charge in [-0.25, -0.2) is 0 Å². The summed E-state index contributed by atoms with van der Waals surface area (Å²) in [5, 5.41) is 2.65. The van der Waals surface area contributed by atoms with Gasteiger partial charge in [0.05, 0.1) is 6.61 Å². The van der Waals surface area contributed by atoms with Gasteiger partial charge in [-0.2, -0.15) is 13.2 Å². The standard InChI is InChI=1S/C10H15ClF3NO2/c11-5-9(2-3-9)6-15-8(16)1-4-17-7-10(12,13)14/h1-7H2,(H,15,16). The van der Waals surface area contributed by atoms with Crippen LogP contribution in [0.15, 0.2) is 0 Å². The maximum atomic E-state index is 11.7. The average molecular weight is 274 g/mol. The Morgan fingerprint density at radius 3 is 2.53 bits per heavy atom. The summed E-state index contributed by atoms with van der Waals surface area (Å²) < 4.78 is 39.4. The molecule has 7 heteroatoms. The molecule has 0 aromatic carbocycles. The normalized spacial score (nSPS) is 17.9. The van der Waals surface area contributed by atoms with Crippen LogP contribution in [0.5, 0.6) is 0 Å². The average Bonchev–Trinajstić information content (AvgIpc) is 3.01. The molecule has 0 unspecified atom stereocenters. The highest BCUT2D eigenvalue weighted by molar-refractivity contribution is 6.18. The van der Waals surface area contributed by atoms with E-state index in [1.807, 2.05) is 0 Å². The molecular formula is C10H15ClF3NO2. The number of hydrogen-bond acceptors (Lipinski definition) is 2. The molecule has 1 amide bonds. The summed E-state index contributed by atoms with van der Waals surface area (Å²) in [6.07, 6.45) is -2.43. The summed E-state index contributed by atoms with van der Waals surface area (Å²) in [7, 11) is 0. The van der Waals surface area contributed by atoms with Crippen molar-refractivity contribution in [2.75, 3.05) is 25.6 Å². The summed E-state index contributed by atoms with van der Waals surface area (Å²) in [5.74, 6) is 0.196. The highest BCUT2D eigenvalue weighted by Crippen LogP contribution is 2.45. The quantitative estimate of drug-likeness (QED) is 0.570. The van der Waals surface area contributed by atoms with Gasteiger partial charge in [-0.05, 0) is 12.8 Å². The number of alkyl halides is 4. The van der Waals surface area contributed by atoms with E-state index < -0.39 is 12.8 Å². The van der Waals surface area contributed by atoms with Gasteiger partial charge in [0.25, 0.3) is 0 Å². The van der Waals surface area contributed by atoms with Crippen molar-refractivity contribution in [3.05, 3.63) is 0 Å². The fraction of sp³-hybridized carbons (Fsp3) is 0.900. The van der Waals surface area contributed by atoms with Crippen LogP contribution in [0, 0.1) is 5.41 Å². The Bertz CT molecular complexity index is 267. The zero-order valence-electron chi connectivity index (χ0n) is 9.28. The van der Waals surface area contributed by atoms with E-state index in [1.54, 1.807) is 0 Å². The van der Waals surface area contributed by atoms with E-state index in [0.717, 1.165) is 12.8 Å². The van der Waals surface area contributed by atoms with E-state index in [2.05, 4.69) is 10.1 Å². The molecule has 0 atom stereocenters. The smallest absolute Gasteiger partial charge is 0.372 e. The van der Waals surface area contributed by atoms with Gasteiger partial charge in [-0.1, -0.05) is 0 Å². The summed E-state index contributed by atoms with van der Waals surface area (Å²) >= 11 is 5.72. The molecule has 1 fully saturated rings. The van der Waals surface area contributed by atoms with Gasteiger partial charge in [0.1, 0.15) is 6.61 Å². The molecule has 0 heterocycles. The van der Waals surface area contributed by atoms with Crippen molar-refractivity contribution in [2.45, 2.75) is 25.4 Å². The summed E-state index contributed by atoms with van der Waals surface area (Å²) in [6.45, 7) is -1.04. The van der Waals surface area contributed by atoms with Gasteiger partial charge in [-0.15, -0.1) is 11.6 Å². The number of carbonyl (C=O) groups is 1. The maximum absolute atomic E-state index is 11.7. The molecule has 17 heavy (non-hydrogen) atoms. The van der Waals surface area contributed by atoms with Crippen molar-refractivity contribution >= 4 is 17.5 Å². The summed E-state index contributed by atoms with van der Waals surface area (Å²) in [4.78, 5) is 11.2. The number of rotatable bonds is 7. The highest BCUT2D eigenvalue weighted by Gasteiger charge is 2.41. The van der Waals surface area contributed by atoms with Crippen LogP contribution in [0.4, 0.5) is 13.2 Å². The van der Waals surface area contributed by atoms with Crippen molar-refractivity contribution in [1.82, 2.24) is 5.32 Å². The Hall–Kier alpha value is -0.490. The molecule has 0 saturated heterocycles. The third-order valence-electron chi connectivity index (χ3n) is 2.64. The zero-order valence-corrected chi connectivity index (χ0v) is 10.0. The minimum absolute atomic E-state index is 0.0179. The number of amides is 1. The highest BCUT2D eigenvalue weighted by atomic mass is 35.5. The monoisotopic (exact) mass is 273 g/mol. The fourth-order valence-corrected chi connectivity index (χ4v) is 1.62. The lowest BCUT2D eigenvalue weighted by atomic mass is 10.1. The molecule has 0 bridgehead atoms. The van der Waals surface area contributed by atoms with Gasteiger partial charge in [0.15, 0.2) is 0 Å². The second kappa shape index (κ2) is 5.91. The molecule has 1 aliphatic carbocycles. The molecular weight excluding hydrogens is 259 g/mol. The number of nitrogens with one attached hydrogen (secondary N) is 1. The van der Waals surface area contributed by atoms with E-state index in [4.69, 9.17) is 11.6 Å². The van der Waals surface area contributed by atoms with Gasteiger partial charge in [0.2, 0.25) is 5.91 Å². The molecule has 0 spiro atoms. The first-order valence-electron chi connectivity index (χ1n) is 5.34. The lowest BCUT2D eigenvalue weighted by Gasteiger charge is -2.12. The molecule has 0 aliphatic heterocycles. The first-order chi connectivity index (χ1) is 7.87. The third-order valence-corrected chi connectivity index (χ3v) is 3.21. The van der Waals surface area contributed by atoms with Crippen molar-refractivity contribution in [3.8, 4) is 0 Å². The Balaban J connectivity index is 2.02. The van der Waals surface area contributed by atoms with Crippen molar-refractivity contribution < 1.29 is 22.7 Å². The summed E-state index contributed by atoms with van der Waals surface area (Å²) in [5.41, 5.74) is 0.0179. The fourth-order valence-electron chi connectivity index (χ4n) is 1.26. The minimum Gasteiger partial charge on any atom is -0.372 e. The SMILES string of the molecule is O=C(CCOCC(F)(F)F)NCC1(CCl)CC1. The van der Waals surface area contributed by atoms with Gasteiger partial charge in [0, 0.05) is 24.3 Å². The van der Waals surface area contributed by atoms with Crippen LogP contribution < -0.4 is 5.32 Å². The Labute approximate surface area is 103 Å². The molecule has 0 aromatic rings. The zero-order chi connectivity index (χ0) is 12.9. The van der Waals surface area contributed by atoms with Gasteiger partial charge in [-0.3, -0.25) is 4.79 Å². The third kappa shape index (κ3) is 6.12. The second-order valence-electron chi connectivity index (χ2n) is 4.33. The van der Waals surface area contributed by atoms with Crippen LogP contribution in [0.3, 0.4) is 0 Å². The van der Waals surface area contributed by atoms with E-state index in [9.17, 15) is 18.0 Å². The molecule has 1 rings (SSSR count). The number of halogens is 4. The molecule has 0 radical (unpaired) electrons. The number of ether oxygens (including phenoxy) is 1. The molecule has 1 aliphatic rings. The lowest BCUT2D eigenvalue weighted by molar-refractivity contribution is -0.174. The Kier molecular flexibility index (Phi) is 5.06. The van der Waals surface area contributed by atoms with Crippen molar-refractivity contribution in [1.29, 1.82) is 0 Å². The predicted octanol–water partition coefficient (Wildman–Crippen LogP) is 2.09. The van der Waals surface area contributed by atoms with Crippen LogP contribution in [-0.2, 0) is 9.53 Å². The van der Waals surface area contributed by atoms with Crippen LogP contribution in [0.1, 0.15) is 19.3 Å². The Morgan fingerprint density at radius 1 is 1.41 bits per heavy atom. The summed E-state index contributed by atoms with van der Waals surface area (Å²) in [6, 6.07) is 0. The molecule has 1 saturated carbocycles. The first kappa shape index (κ1) is 14.6. The Morgan fingerprint density at radius 2 is 2.06 bits per heavy atom. The van der Waals surface area contributed by atoms with Crippen LogP contribution >= 0.6 is 11.6 Å². The molecule has 3 nitrogen and oxygen atoms in total. The van der Waals surface area contributed by atoms with Crippen LogP contribution in [-0.4, -0.2) is 37.7 Å². The lowest BCUT2D eigenvalue weighted by Crippen LogP contribution is -2.31. The molecule has 0 aromatic heterocycles. The van der Waals surface area contributed by atoms with Gasteiger partial charge >= 0.3 is 6.18 Å². The van der Waals surface area contributed by atoms with Crippen LogP contribution in [0.2, 0.25) is 0 Å². The minimum atomic E-state index is -4.34. The van der Waals surface area contributed by atoms with E-state index >= 15 is 0 Å². The van der Waals surface area contributed by atoms with Crippen molar-refractivity contribution in [3.63, 3.8) is 0 Å². The number of hydrogen-bond donors (Lipinski definition) is 1. The van der Waals surface area contributed by atoms with Crippen LogP contribution in [0.25, 0.3) is 0 Å². The second-order valence-corrected chi connectivity index (χ2v) is 4.60. The molecule has 100 valence electrons. The van der Waals surface area contributed by atoms with Crippen molar-refractivity contribution in [2.24, 2.45) is 5.41 Å². The largest absolute Gasteiger partial charge is 0.411 e. The predicted molar refractivity (Wildman–Crippen MR) is 56.9 cm³/mol. The number of carbonyl (C=O) groups excluding carboxylic acids is 1. The van der Waals surface area contributed by atoms with E-state index in [0.29, 0.717) is 12.4 Å². The van der Waals surface area contributed by atoms with Gasteiger partial charge < -0.3 is 10.1 Å². The van der Waals surface area contributed by atoms with E-state index in [-0.39, 0.29) is 24.3 Å². The molecule has 1 N–H and O–H groups in total. The maximum Gasteiger partial charge on any atom is 0.411 e. The van der Waals surface area contributed by atoms with E-state index in [1.165, 1.54) is 0 Å². The first-order valence-corrected chi connectivity index (χ1v) is 5.88. The topological polar surface area (TPSA) is 38.3 Å².